The van der Waals surface area contributed by atoms with Crippen LogP contribution in [0.3, 0.4) is 0 Å². The summed E-state index contributed by atoms with van der Waals surface area (Å²) < 4.78 is 0. The Kier molecular flexibility index (Phi) is 5.49. The van der Waals surface area contributed by atoms with Crippen molar-refractivity contribution >= 4 is 11.9 Å². The highest BCUT2D eigenvalue weighted by atomic mass is 16.2. The highest BCUT2D eigenvalue weighted by Gasteiger charge is 2.27. The van der Waals surface area contributed by atoms with E-state index in [9.17, 15) is 9.59 Å². The van der Waals surface area contributed by atoms with E-state index in [1.807, 2.05) is 4.90 Å². The molecule has 1 N–H and O–H groups in total. The van der Waals surface area contributed by atoms with Crippen LogP contribution in [0.15, 0.2) is 0 Å². The molecule has 21 heavy (non-hydrogen) atoms. The van der Waals surface area contributed by atoms with Crippen LogP contribution in [0.2, 0.25) is 0 Å². The van der Waals surface area contributed by atoms with Crippen LogP contribution in [0, 0.1) is 18.3 Å². The van der Waals surface area contributed by atoms with Gasteiger partial charge in [0.2, 0.25) is 5.91 Å². The second kappa shape index (κ2) is 7.35. The van der Waals surface area contributed by atoms with Gasteiger partial charge in [-0.3, -0.25) is 4.79 Å². The zero-order valence-electron chi connectivity index (χ0n) is 12.8. The second-order valence-electron chi connectivity index (χ2n) is 6.06. The van der Waals surface area contributed by atoms with Crippen molar-refractivity contribution < 1.29 is 9.59 Å². The molecule has 0 spiro atoms. The van der Waals surface area contributed by atoms with Gasteiger partial charge < -0.3 is 15.1 Å². The molecule has 2 fully saturated rings. The smallest absolute Gasteiger partial charge is 0.318 e. The minimum Gasteiger partial charge on any atom is -0.343 e. The van der Waals surface area contributed by atoms with Crippen LogP contribution in [0.1, 0.15) is 39.0 Å². The molecule has 5 nitrogen and oxygen atoms in total. The lowest BCUT2D eigenvalue weighted by atomic mass is 9.93. The van der Waals surface area contributed by atoms with E-state index in [1.54, 1.807) is 11.8 Å². The first kappa shape index (κ1) is 15.7. The molecular formula is C16H25N3O2. The summed E-state index contributed by atoms with van der Waals surface area (Å²) in [7, 11) is 0. The molecule has 5 heteroatoms. The molecule has 0 aromatic heterocycles. The van der Waals surface area contributed by atoms with Crippen molar-refractivity contribution in [2.24, 2.45) is 5.92 Å². The minimum absolute atomic E-state index is 0.0928. The first-order valence-electron chi connectivity index (χ1n) is 7.89. The Morgan fingerprint density at radius 2 is 1.81 bits per heavy atom. The van der Waals surface area contributed by atoms with Crippen molar-refractivity contribution in [2.45, 2.75) is 45.1 Å². The number of terminal acetylenes is 1. The van der Waals surface area contributed by atoms with Gasteiger partial charge in [-0.05, 0) is 38.5 Å². The fraction of sp³-hybridized carbons (Fsp3) is 0.750. The lowest BCUT2D eigenvalue weighted by molar-refractivity contribution is -0.131. The van der Waals surface area contributed by atoms with E-state index >= 15 is 0 Å². The van der Waals surface area contributed by atoms with Crippen LogP contribution in [0.25, 0.3) is 0 Å². The molecule has 1 unspecified atom stereocenters. The Labute approximate surface area is 127 Å². The molecule has 1 atom stereocenters. The molecule has 116 valence electrons. The van der Waals surface area contributed by atoms with E-state index in [4.69, 9.17) is 6.42 Å². The molecule has 0 aromatic carbocycles. The topological polar surface area (TPSA) is 52.7 Å². The number of nitrogens with zero attached hydrogens (tertiary/aromatic N) is 2. The molecular weight excluding hydrogens is 266 g/mol. The van der Waals surface area contributed by atoms with Crippen molar-refractivity contribution in [1.82, 2.24) is 15.1 Å². The maximum absolute atomic E-state index is 12.1. The van der Waals surface area contributed by atoms with Gasteiger partial charge in [0.15, 0.2) is 0 Å². The summed E-state index contributed by atoms with van der Waals surface area (Å²) >= 11 is 0. The molecule has 0 aliphatic carbocycles. The standard InChI is InChI=1S/C16H25N3O2/c1-3-13(2)17-16(21)19-10-6-14(7-11-19)12-15(20)18-8-4-5-9-18/h1,13-14H,4-12H2,2H3,(H,17,21). The monoisotopic (exact) mass is 291 g/mol. The molecule has 0 radical (unpaired) electrons. The Hall–Kier alpha value is -1.70. The number of hydrogen-bond acceptors (Lipinski definition) is 2. The highest BCUT2D eigenvalue weighted by molar-refractivity contribution is 5.77. The third kappa shape index (κ3) is 4.38. The molecule has 0 saturated carbocycles. The largest absolute Gasteiger partial charge is 0.343 e. The maximum Gasteiger partial charge on any atom is 0.318 e. The van der Waals surface area contributed by atoms with E-state index in [1.165, 1.54) is 0 Å². The number of urea groups is 1. The van der Waals surface area contributed by atoms with Gasteiger partial charge in [0.05, 0.1) is 6.04 Å². The van der Waals surface area contributed by atoms with Gasteiger partial charge in [-0.25, -0.2) is 4.79 Å². The van der Waals surface area contributed by atoms with E-state index < -0.39 is 0 Å². The second-order valence-corrected chi connectivity index (χ2v) is 6.06. The van der Waals surface area contributed by atoms with E-state index in [-0.39, 0.29) is 18.0 Å². The molecule has 2 aliphatic heterocycles. The lowest BCUT2D eigenvalue weighted by Gasteiger charge is -2.32. The number of carbonyl (C=O) groups excluding carboxylic acids is 2. The van der Waals surface area contributed by atoms with Gasteiger partial charge in [0, 0.05) is 32.6 Å². The molecule has 0 bridgehead atoms. The van der Waals surface area contributed by atoms with Crippen LogP contribution in [-0.4, -0.2) is 54.0 Å². The van der Waals surface area contributed by atoms with Crippen molar-refractivity contribution in [2.75, 3.05) is 26.2 Å². The van der Waals surface area contributed by atoms with E-state index in [0.717, 1.165) is 38.8 Å². The SMILES string of the molecule is C#CC(C)NC(=O)N1CCC(CC(=O)N2CCCC2)CC1. The normalized spacial score (nSPS) is 21.0. The Balaban J connectivity index is 1.71. The lowest BCUT2D eigenvalue weighted by Crippen LogP contribution is -2.47. The van der Waals surface area contributed by atoms with Gasteiger partial charge in [-0.1, -0.05) is 5.92 Å². The number of carbonyl (C=O) groups is 2. The summed E-state index contributed by atoms with van der Waals surface area (Å²) in [6.07, 6.45) is 9.97. The first-order chi connectivity index (χ1) is 10.1. The van der Waals surface area contributed by atoms with Crippen LogP contribution >= 0.6 is 0 Å². The molecule has 2 saturated heterocycles. The van der Waals surface area contributed by atoms with Crippen LogP contribution in [-0.2, 0) is 4.79 Å². The molecule has 2 heterocycles. The third-order valence-corrected chi connectivity index (χ3v) is 4.41. The summed E-state index contributed by atoms with van der Waals surface area (Å²) in [5.41, 5.74) is 0. The number of amides is 3. The van der Waals surface area contributed by atoms with Gasteiger partial charge in [-0.2, -0.15) is 0 Å². The number of likely N-dealkylation sites (tertiary alicyclic amines) is 2. The summed E-state index contributed by atoms with van der Waals surface area (Å²) in [5, 5.41) is 2.78. The number of nitrogens with one attached hydrogen (secondary N) is 1. The summed E-state index contributed by atoms with van der Waals surface area (Å²) in [5.74, 6) is 3.19. The fourth-order valence-corrected chi connectivity index (χ4v) is 3.00. The predicted octanol–water partition coefficient (Wildman–Crippen LogP) is 1.44. The quantitative estimate of drug-likeness (QED) is 0.800. The maximum atomic E-state index is 12.1. The fourth-order valence-electron chi connectivity index (χ4n) is 3.00. The number of rotatable bonds is 3. The molecule has 2 rings (SSSR count). The van der Waals surface area contributed by atoms with Crippen molar-refractivity contribution in [3.8, 4) is 12.3 Å². The first-order valence-corrected chi connectivity index (χ1v) is 7.89. The van der Waals surface area contributed by atoms with E-state index in [0.29, 0.717) is 25.4 Å². The minimum atomic E-state index is -0.244. The van der Waals surface area contributed by atoms with Crippen molar-refractivity contribution in [1.29, 1.82) is 0 Å². The van der Waals surface area contributed by atoms with Gasteiger partial charge in [0.1, 0.15) is 0 Å². The van der Waals surface area contributed by atoms with E-state index in [2.05, 4.69) is 11.2 Å². The summed E-state index contributed by atoms with van der Waals surface area (Å²) in [4.78, 5) is 27.8. The van der Waals surface area contributed by atoms with Crippen LogP contribution < -0.4 is 5.32 Å². The van der Waals surface area contributed by atoms with Crippen LogP contribution in [0.5, 0.6) is 0 Å². The molecule has 3 amide bonds. The average molecular weight is 291 g/mol. The third-order valence-electron chi connectivity index (χ3n) is 4.41. The highest BCUT2D eigenvalue weighted by Crippen LogP contribution is 2.22. The van der Waals surface area contributed by atoms with Crippen molar-refractivity contribution in [3.05, 3.63) is 0 Å². The predicted molar refractivity (Wildman–Crippen MR) is 81.6 cm³/mol. The van der Waals surface area contributed by atoms with Crippen LogP contribution in [0.4, 0.5) is 4.79 Å². The molecule has 0 aromatic rings. The Morgan fingerprint density at radius 1 is 1.19 bits per heavy atom. The van der Waals surface area contributed by atoms with Gasteiger partial charge in [0.25, 0.3) is 0 Å². The average Bonchev–Trinajstić information content (AvgIpc) is 3.02. The zero-order valence-corrected chi connectivity index (χ0v) is 12.8. The number of hydrogen-bond donors (Lipinski definition) is 1. The molecule has 2 aliphatic rings. The van der Waals surface area contributed by atoms with Gasteiger partial charge in [-0.15, -0.1) is 6.42 Å². The summed E-state index contributed by atoms with van der Waals surface area (Å²) in [6, 6.07) is -0.336. The Bertz CT molecular complexity index is 416. The van der Waals surface area contributed by atoms with Crippen molar-refractivity contribution in [3.63, 3.8) is 0 Å². The Morgan fingerprint density at radius 3 is 2.38 bits per heavy atom. The number of piperidine rings is 1. The summed E-state index contributed by atoms with van der Waals surface area (Å²) in [6.45, 7) is 5.05. The van der Waals surface area contributed by atoms with Gasteiger partial charge >= 0.3 is 6.03 Å². The zero-order chi connectivity index (χ0) is 15.2.